The van der Waals surface area contributed by atoms with Gasteiger partial charge in [-0.05, 0) is 6.92 Å². The number of nitrogens with zero attached hydrogens (tertiary/aromatic N) is 1. The molecule has 1 aliphatic heterocycles. The van der Waals surface area contributed by atoms with Crippen LogP contribution in [0.5, 0.6) is 0 Å². The van der Waals surface area contributed by atoms with E-state index in [1.165, 1.54) is 6.92 Å². The van der Waals surface area contributed by atoms with E-state index in [2.05, 4.69) is 15.2 Å². The fourth-order valence-electron chi connectivity index (χ4n) is 2.11. The molecule has 19 heavy (non-hydrogen) atoms. The molecule has 2 rings (SSSR count). The van der Waals surface area contributed by atoms with E-state index in [1.54, 1.807) is 6.07 Å². The molecule has 1 amide bonds. The Morgan fingerprint density at radius 2 is 2.16 bits per heavy atom. The SMILES string of the molecule is CC(=O)NCc1c(C)[nH]c(N2CCOCC2)cc1=O. The number of ether oxygens (including phenoxy) is 1. The minimum atomic E-state index is -0.143. The van der Waals surface area contributed by atoms with E-state index < -0.39 is 0 Å². The number of aryl methyl sites for hydroxylation is 1. The summed E-state index contributed by atoms with van der Waals surface area (Å²) >= 11 is 0. The summed E-state index contributed by atoms with van der Waals surface area (Å²) in [7, 11) is 0. The van der Waals surface area contributed by atoms with E-state index in [-0.39, 0.29) is 17.9 Å². The van der Waals surface area contributed by atoms with E-state index in [1.807, 2.05) is 6.92 Å². The van der Waals surface area contributed by atoms with E-state index in [4.69, 9.17) is 4.74 Å². The molecular weight excluding hydrogens is 246 g/mol. The number of aromatic amines is 1. The standard InChI is InChI=1S/C13H19N3O3/c1-9-11(8-14-10(2)17)12(18)7-13(15-9)16-3-5-19-6-4-16/h7H,3-6,8H2,1-2H3,(H,14,17)(H,15,18). The molecule has 6 nitrogen and oxygen atoms in total. The summed E-state index contributed by atoms with van der Waals surface area (Å²) in [5.41, 5.74) is 1.35. The number of pyridine rings is 1. The second-order valence-corrected chi connectivity index (χ2v) is 4.63. The maximum absolute atomic E-state index is 12.1. The van der Waals surface area contributed by atoms with Crippen molar-refractivity contribution in [3.8, 4) is 0 Å². The highest BCUT2D eigenvalue weighted by molar-refractivity contribution is 5.72. The van der Waals surface area contributed by atoms with Gasteiger partial charge in [-0.1, -0.05) is 0 Å². The van der Waals surface area contributed by atoms with Crippen LogP contribution < -0.4 is 15.6 Å². The normalized spacial score (nSPS) is 15.4. The van der Waals surface area contributed by atoms with Crippen LogP contribution in [-0.2, 0) is 16.1 Å². The van der Waals surface area contributed by atoms with Gasteiger partial charge in [0.15, 0.2) is 5.43 Å². The van der Waals surface area contributed by atoms with Crippen LogP contribution in [0.1, 0.15) is 18.2 Å². The van der Waals surface area contributed by atoms with Crippen LogP contribution in [-0.4, -0.2) is 37.2 Å². The van der Waals surface area contributed by atoms with Gasteiger partial charge in [-0.25, -0.2) is 0 Å². The Balaban J connectivity index is 2.20. The Morgan fingerprint density at radius 1 is 1.47 bits per heavy atom. The van der Waals surface area contributed by atoms with E-state index in [0.717, 1.165) is 24.6 Å². The molecule has 1 aromatic heterocycles. The summed E-state index contributed by atoms with van der Waals surface area (Å²) < 4.78 is 5.29. The van der Waals surface area contributed by atoms with Crippen LogP contribution in [0, 0.1) is 6.92 Å². The first-order chi connectivity index (χ1) is 9.08. The third-order valence-corrected chi connectivity index (χ3v) is 3.20. The molecule has 0 aliphatic carbocycles. The lowest BCUT2D eigenvalue weighted by Crippen LogP contribution is -2.37. The first kappa shape index (κ1) is 13.6. The van der Waals surface area contributed by atoms with Gasteiger partial charge in [0, 0.05) is 43.9 Å². The highest BCUT2D eigenvalue weighted by atomic mass is 16.5. The molecule has 0 saturated carbocycles. The van der Waals surface area contributed by atoms with Crippen molar-refractivity contribution in [2.24, 2.45) is 0 Å². The first-order valence-corrected chi connectivity index (χ1v) is 6.38. The van der Waals surface area contributed by atoms with Gasteiger partial charge in [-0.2, -0.15) is 0 Å². The third kappa shape index (κ3) is 3.35. The maximum Gasteiger partial charge on any atom is 0.217 e. The van der Waals surface area contributed by atoms with Gasteiger partial charge < -0.3 is 19.9 Å². The summed E-state index contributed by atoms with van der Waals surface area (Å²) in [6.07, 6.45) is 0. The van der Waals surface area contributed by atoms with Crippen molar-refractivity contribution in [1.29, 1.82) is 0 Å². The van der Waals surface area contributed by atoms with Crippen LogP contribution in [0.15, 0.2) is 10.9 Å². The van der Waals surface area contributed by atoms with Gasteiger partial charge in [0.25, 0.3) is 0 Å². The van der Waals surface area contributed by atoms with Crippen molar-refractivity contribution >= 4 is 11.7 Å². The second-order valence-electron chi connectivity index (χ2n) is 4.63. The predicted molar refractivity (Wildman–Crippen MR) is 72.4 cm³/mol. The van der Waals surface area contributed by atoms with E-state index in [0.29, 0.717) is 18.8 Å². The van der Waals surface area contributed by atoms with Crippen LogP contribution in [0.4, 0.5) is 5.82 Å². The van der Waals surface area contributed by atoms with Crippen molar-refractivity contribution in [2.75, 3.05) is 31.2 Å². The van der Waals surface area contributed by atoms with Gasteiger partial charge in [0.2, 0.25) is 5.91 Å². The molecule has 0 atom stereocenters. The summed E-state index contributed by atoms with van der Waals surface area (Å²) in [6, 6.07) is 1.59. The lowest BCUT2D eigenvalue weighted by Gasteiger charge is -2.28. The number of H-pyrrole nitrogens is 1. The number of carbonyl (C=O) groups excluding carboxylic acids is 1. The number of anilines is 1. The monoisotopic (exact) mass is 265 g/mol. The molecule has 0 bridgehead atoms. The zero-order valence-corrected chi connectivity index (χ0v) is 11.3. The van der Waals surface area contributed by atoms with Crippen LogP contribution in [0.3, 0.4) is 0 Å². The topological polar surface area (TPSA) is 74.4 Å². The molecule has 1 aromatic rings. The number of amides is 1. The number of aromatic nitrogens is 1. The molecule has 0 aromatic carbocycles. The first-order valence-electron chi connectivity index (χ1n) is 6.38. The quantitative estimate of drug-likeness (QED) is 0.816. The van der Waals surface area contributed by atoms with Crippen molar-refractivity contribution < 1.29 is 9.53 Å². The van der Waals surface area contributed by atoms with E-state index in [9.17, 15) is 9.59 Å². The Morgan fingerprint density at radius 3 is 2.74 bits per heavy atom. The number of hydrogen-bond acceptors (Lipinski definition) is 4. The average molecular weight is 265 g/mol. The molecule has 6 heteroatoms. The lowest BCUT2D eigenvalue weighted by molar-refractivity contribution is -0.119. The minimum Gasteiger partial charge on any atom is -0.378 e. The predicted octanol–water partition coefficient (Wildman–Crippen LogP) is 0.156. The van der Waals surface area contributed by atoms with Crippen LogP contribution in [0.2, 0.25) is 0 Å². The second kappa shape index (κ2) is 5.88. The van der Waals surface area contributed by atoms with Crippen molar-refractivity contribution in [3.63, 3.8) is 0 Å². The number of carbonyl (C=O) groups is 1. The zero-order chi connectivity index (χ0) is 13.8. The van der Waals surface area contributed by atoms with Crippen molar-refractivity contribution in [3.05, 3.63) is 27.5 Å². The average Bonchev–Trinajstić information content (AvgIpc) is 2.38. The summed E-state index contributed by atoms with van der Waals surface area (Å²) in [6.45, 7) is 6.46. The molecule has 0 unspecified atom stereocenters. The largest absolute Gasteiger partial charge is 0.378 e. The highest BCUT2D eigenvalue weighted by Gasteiger charge is 2.14. The Bertz CT molecular complexity index is 518. The maximum atomic E-state index is 12.1. The van der Waals surface area contributed by atoms with Gasteiger partial charge in [0.1, 0.15) is 5.82 Å². The lowest BCUT2D eigenvalue weighted by atomic mass is 10.2. The molecular formula is C13H19N3O3. The third-order valence-electron chi connectivity index (χ3n) is 3.20. The van der Waals surface area contributed by atoms with Gasteiger partial charge >= 0.3 is 0 Å². The van der Waals surface area contributed by atoms with E-state index >= 15 is 0 Å². The van der Waals surface area contributed by atoms with Crippen molar-refractivity contribution in [2.45, 2.75) is 20.4 Å². The molecule has 2 heterocycles. The summed E-state index contributed by atoms with van der Waals surface area (Å²) in [5, 5.41) is 2.65. The van der Waals surface area contributed by atoms with Crippen LogP contribution >= 0.6 is 0 Å². The van der Waals surface area contributed by atoms with Crippen LogP contribution in [0.25, 0.3) is 0 Å². The molecule has 104 valence electrons. The zero-order valence-electron chi connectivity index (χ0n) is 11.3. The Hall–Kier alpha value is -1.82. The minimum absolute atomic E-state index is 0.0495. The van der Waals surface area contributed by atoms with Gasteiger partial charge in [-0.3, -0.25) is 9.59 Å². The number of rotatable bonds is 3. The van der Waals surface area contributed by atoms with Gasteiger partial charge in [0.05, 0.1) is 13.2 Å². The molecule has 2 N–H and O–H groups in total. The summed E-state index contributed by atoms with van der Waals surface area (Å²) in [4.78, 5) is 28.3. The summed E-state index contributed by atoms with van der Waals surface area (Å²) in [5.74, 6) is 0.674. The highest BCUT2D eigenvalue weighted by Crippen LogP contribution is 2.12. The molecule has 1 fully saturated rings. The fourth-order valence-corrected chi connectivity index (χ4v) is 2.11. The number of nitrogens with one attached hydrogen (secondary N) is 2. The molecule has 1 saturated heterocycles. The number of morpholine rings is 1. The molecule has 1 aliphatic rings. The number of hydrogen-bond donors (Lipinski definition) is 2. The Labute approximate surface area is 111 Å². The molecule has 0 spiro atoms. The van der Waals surface area contributed by atoms with Gasteiger partial charge in [-0.15, -0.1) is 0 Å². The fraction of sp³-hybridized carbons (Fsp3) is 0.538. The van der Waals surface area contributed by atoms with Crippen molar-refractivity contribution in [1.82, 2.24) is 10.3 Å². The Kier molecular flexibility index (Phi) is 4.21. The molecule has 0 radical (unpaired) electrons. The smallest absolute Gasteiger partial charge is 0.217 e.